The topological polar surface area (TPSA) is 71.0 Å². The third-order valence-electron chi connectivity index (χ3n) is 4.53. The van der Waals surface area contributed by atoms with Crippen molar-refractivity contribution in [3.05, 3.63) is 12.3 Å². The average molecular weight is 247 g/mol. The molecule has 2 atom stereocenters. The van der Waals surface area contributed by atoms with Crippen LogP contribution in [0.25, 0.3) is 0 Å². The Kier molecular flexibility index (Phi) is 2.07. The van der Waals surface area contributed by atoms with E-state index in [1.807, 2.05) is 10.7 Å². The zero-order chi connectivity index (χ0) is 12.2. The van der Waals surface area contributed by atoms with Gasteiger partial charge in [0.25, 0.3) is 0 Å². The van der Waals surface area contributed by atoms with Gasteiger partial charge in [0.15, 0.2) is 0 Å². The third-order valence-corrected chi connectivity index (χ3v) is 4.53. The summed E-state index contributed by atoms with van der Waals surface area (Å²) in [6.07, 6.45) is 2.79. The van der Waals surface area contributed by atoms with Gasteiger partial charge in [0.2, 0.25) is 5.91 Å². The zero-order valence-electron chi connectivity index (χ0n) is 10.1. The lowest BCUT2D eigenvalue weighted by Crippen LogP contribution is -2.44. The van der Waals surface area contributed by atoms with Gasteiger partial charge in [-0.15, -0.1) is 0 Å². The molecule has 2 aliphatic heterocycles. The SMILES string of the molecule is O=C(Nc1ccnn1C1CNC1)C12CNCC1C2. The van der Waals surface area contributed by atoms with E-state index in [1.165, 1.54) is 0 Å². The van der Waals surface area contributed by atoms with Crippen LogP contribution in [0, 0.1) is 11.3 Å². The van der Waals surface area contributed by atoms with Gasteiger partial charge in [-0.1, -0.05) is 0 Å². The summed E-state index contributed by atoms with van der Waals surface area (Å²) in [5.74, 6) is 1.53. The minimum Gasteiger partial charge on any atom is -0.315 e. The van der Waals surface area contributed by atoms with Crippen LogP contribution in [-0.4, -0.2) is 41.9 Å². The normalized spacial score (nSPS) is 33.9. The maximum Gasteiger partial charge on any atom is 0.233 e. The minimum absolute atomic E-state index is 0.132. The Morgan fingerprint density at radius 1 is 1.44 bits per heavy atom. The van der Waals surface area contributed by atoms with Gasteiger partial charge in [-0.05, 0) is 18.9 Å². The molecule has 1 aromatic heterocycles. The molecule has 3 N–H and O–H groups in total. The van der Waals surface area contributed by atoms with Gasteiger partial charge in [0.1, 0.15) is 5.82 Å². The summed E-state index contributed by atoms with van der Waals surface area (Å²) in [6.45, 7) is 3.67. The molecule has 96 valence electrons. The van der Waals surface area contributed by atoms with E-state index in [4.69, 9.17) is 0 Å². The number of aromatic nitrogens is 2. The van der Waals surface area contributed by atoms with Crippen LogP contribution < -0.4 is 16.0 Å². The first kappa shape index (κ1) is 10.5. The van der Waals surface area contributed by atoms with Gasteiger partial charge in [-0.3, -0.25) is 4.79 Å². The first-order chi connectivity index (χ1) is 8.79. The summed E-state index contributed by atoms with van der Waals surface area (Å²) in [4.78, 5) is 12.3. The fourth-order valence-corrected chi connectivity index (χ4v) is 3.08. The van der Waals surface area contributed by atoms with Crippen LogP contribution in [0.1, 0.15) is 12.5 Å². The number of carbonyl (C=O) groups is 1. The van der Waals surface area contributed by atoms with Gasteiger partial charge in [0, 0.05) is 25.7 Å². The minimum atomic E-state index is -0.132. The van der Waals surface area contributed by atoms with Crippen molar-refractivity contribution in [3.63, 3.8) is 0 Å². The summed E-state index contributed by atoms with van der Waals surface area (Å²) >= 11 is 0. The first-order valence-corrected chi connectivity index (χ1v) is 6.56. The summed E-state index contributed by atoms with van der Waals surface area (Å²) in [5.41, 5.74) is -0.132. The van der Waals surface area contributed by atoms with Crippen molar-refractivity contribution in [2.45, 2.75) is 12.5 Å². The summed E-state index contributed by atoms with van der Waals surface area (Å²) in [6, 6.07) is 2.26. The number of hydrogen-bond acceptors (Lipinski definition) is 4. The van der Waals surface area contributed by atoms with Crippen molar-refractivity contribution in [1.82, 2.24) is 20.4 Å². The molecule has 3 aliphatic rings. The highest BCUT2D eigenvalue weighted by molar-refractivity contribution is 5.97. The zero-order valence-corrected chi connectivity index (χ0v) is 10.1. The van der Waals surface area contributed by atoms with Gasteiger partial charge in [-0.25, -0.2) is 4.68 Å². The lowest BCUT2D eigenvalue weighted by atomic mass is 10.1. The van der Waals surface area contributed by atoms with Crippen molar-refractivity contribution < 1.29 is 4.79 Å². The molecule has 2 unspecified atom stereocenters. The van der Waals surface area contributed by atoms with Crippen molar-refractivity contribution >= 4 is 11.7 Å². The van der Waals surface area contributed by atoms with Crippen LogP contribution in [-0.2, 0) is 4.79 Å². The average Bonchev–Trinajstić information content (AvgIpc) is 2.68. The van der Waals surface area contributed by atoms with E-state index in [-0.39, 0.29) is 11.3 Å². The molecule has 6 nitrogen and oxygen atoms in total. The van der Waals surface area contributed by atoms with Gasteiger partial charge >= 0.3 is 0 Å². The van der Waals surface area contributed by atoms with E-state index >= 15 is 0 Å². The van der Waals surface area contributed by atoms with Crippen LogP contribution in [0.15, 0.2) is 12.3 Å². The van der Waals surface area contributed by atoms with E-state index in [2.05, 4.69) is 21.0 Å². The summed E-state index contributed by atoms with van der Waals surface area (Å²) < 4.78 is 1.92. The number of fused-ring (bicyclic) bond motifs is 1. The molecule has 4 rings (SSSR count). The number of piperidine rings is 1. The molecule has 1 saturated carbocycles. The Bertz CT molecular complexity index is 494. The fourth-order valence-electron chi connectivity index (χ4n) is 3.08. The maximum atomic E-state index is 12.3. The second-order valence-electron chi connectivity index (χ2n) is 5.62. The Balaban J connectivity index is 1.51. The molecule has 6 heteroatoms. The van der Waals surface area contributed by atoms with Crippen LogP contribution in [0.5, 0.6) is 0 Å². The number of nitrogens with one attached hydrogen (secondary N) is 3. The molecule has 0 aromatic carbocycles. The predicted octanol–water partition coefficient (Wildman–Crippen LogP) is -0.425. The van der Waals surface area contributed by atoms with E-state index in [1.54, 1.807) is 6.20 Å². The van der Waals surface area contributed by atoms with E-state index < -0.39 is 0 Å². The monoisotopic (exact) mass is 247 g/mol. The highest BCUT2D eigenvalue weighted by Gasteiger charge is 2.62. The highest BCUT2D eigenvalue weighted by atomic mass is 16.2. The van der Waals surface area contributed by atoms with Crippen molar-refractivity contribution in [2.24, 2.45) is 11.3 Å². The standard InChI is InChI=1S/C12H17N5O/c18-11(12-3-8(12)4-14-7-12)16-10-1-2-15-17(10)9-5-13-6-9/h1-2,8-9,13-14H,3-7H2,(H,16,18). The Morgan fingerprint density at radius 3 is 2.94 bits per heavy atom. The second-order valence-corrected chi connectivity index (χ2v) is 5.62. The number of rotatable bonds is 3. The van der Waals surface area contributed by atoms with Crippen molar-refractivity contribution in [2.75, 3.05) is 31.5 Å². The molecule has 2 saturated heterocycles. The number of carbonyl (C=O) groups excluding carboxylic acids is 1. The summed E-state index contributed by atoms with van der Waals surface area (Å²) in [5, 5.41) is 13.9. The molecule has 0 spiro atoms. The maximum absolute atomic E-state index is 12.3. The first-order valence-electron chi connectivity index (χ1n) is 6.56. The van der Waals surface area contributed by atoms with Crippen LogP contribution in [0.2, 0.25) is 0 Å². The molecule has 0 radical (unpaired) electrons. The number of amides is 1. The highest BCUT2D eigenvalue weighted by Crippen LogP contribution is 2.55. The molecule has 3 heterocycles. The van der Waals surface area contributed by atoms with Crippen molar-refractivity contribution in [1.29, 1.82) is 0 Å². The number of nitrogens with zero attached hydrogens (tertiary/aromatic N) is 2. The lowest BCUT2D eigenvalue weighted by molar-refractivity contribution is -0.121. The molecular weight excluding hydrogens is 230 g/mol. The number of hydrogen-bond donors (Lipinski definition) is 3. The van der Waals surface area contributed by atoms with Gasteiger partial charge in [0.05, 0.1) is 17.7 Å². The Morgan fingerprint density at radius 2 is 2.33 bits per heavy atom. The van der Waals surface area contributed by atoms with Crippen LogP contribution >= 0.6 is 0 Å². The molecule has 18 heavy (non-hydrogen) atoms. The third kappa shape index (κ3) is 1.36. The Hall–Kier alpha value is -1.40. The van der Waals surface area contributed by atoms with Crippen molar-refractivity contribution in [3.8, 4) is 0 Å². The molecule has 1 aromatic rings. The van der Waals surface area contributed by atoms with Crippen LogP contribution in [0.4, 0.5) is 5.82 Å². The van der Waals surface area contributed by atoms with E-state index in [9.17, 15) is 4.79 Å². The second kappa shape index (κ2) is 3.55. The smallest absolute Gasteiger partial charge is 0.233 e. The molecule has 0 bridgehead atoms. The van der Waals surface area contributed by atoms with Crippen LogP contribution in [0.3, 0.4) is 0 Å². The summed E-state index contributed by atoms with van der Waals surface area (Å²) in [7, 11) is 0. The quantitative estimate of drug-likeness (QED) is 0.678. The lowest BCUT2D eigenvalue weighted by Gasteiger charge is -2.29. The fraction of sp³-hybridized carbons (Fsp3) is 0.667. The Labute approximate surface area is 105 Å². The molecule has 1 amide bonds. The largest absolute Gasteiger partial charge is 0.315 e. The predicted molar refractivity (Wildman–Crippen MR) is 66.2 cm³/mol. The number of anilines is 1. The molecule has 3 fully saturated rings. The van der Waals surface area contributed by atoms with E-state index in [0.29, 0.717) is 12.0 Å². The molecular formula is C12H17N5O. The van der Waals surface area contributed by atoms with E-state index in [0.717, 1.165) is 38.4 Å². The van der Waals surface area contributed by atoms with Gasteiger partial charge < -0.3 is 16.0 Å². The van der Waals surface area contributed by atoms with Gasteiger partial charge in [-0.2, -0.15) is 5.10 Å². The molecule has 1 aliphatic carbocycles.